The van der Waals surface area contributed by atoms with E-state index in [4.69, 9.17) is 5.73 Å². The molecule has 1 aliphatic carbocycles. The third-order valence-electron chi connectivity index (χ3n) is 4.09. The van der Waals surface area contributed by atoms with Crippen LogP contribution in [-0.4, -0.2) is 169 Å². The zero-order chi connectivity index (χ0) is 22.1. The van der Waals surface area contributed by atoms with Crippen molar-refractivity contribution < 1.29 is 48.5 Å². The van der Waals surface area contributed by atoms with E-state index in [1.54, 1.807) is 0 Å². The molecule has 3 rings (SSSR count). The first kappa shape index (κ1) is 36.5. The summed E-state index contributed by atoms with van der Waals surface area (Å²) in [5.74, 6) is -2.71. The number of nitrogens with two attached hydrogens (primary N) is 1. The Balaban J connectivity index is 0. The number of hydrogen-bond donors (Lipinski definition) is 4. The summed E-state index contributed by atoms with van der Waals surface area (Å²) in [6.45, 7) is 0. The Morgan fingerprint density at radius 2 is 0.879 bits per heavy atom. The summed E-state index contributed by atoms with van der Waals surface area (Å²) in [6, 6.07) is 2.41. The second-order valence-corrected chi connectivity index (χ2v) is 9.97. The Bertz CT molecular complexity index is 1470. The van der Waals surface area contributed by atoms with Crippen molar-refractivity contribution in [2.75, 3.05) is 5.73 Å². The average molecular weight is 559 g/mol. The predicted octanol–water partition coefficient (Wildman–Crippen LogP) is -2.81. The molecule has 0 saturated carbocycles. The summed E-state index contributed by atoms with van der Waals surface area (Å²) in [5, 5.41) is 0. The van der Waals surface area contributed by atoms with E-state index >= 15 is 0 Å². The number of carbonyl (C=O) groups is 2. The maximum absolute atomic E-state index is 12.9. The molecule has 1 aliphatic rings. The van der Waals surface area contributed by atoms with Crippen molar-refractivity contribution >= 4 is 166 Å². The van der Waals surface area contributed by atoms with Gasteiger partial charge in [-0.2, -0.15) is 25.3 Å². The van der Waals surface area contributed by atoms with E-state index in [1.165, 1.54) is 0 Å². The first-order valence-corrected chi connectivity index (χ1v) is 11.5. The van der Waals surface area contributed by atoms with Crippen LogP contribution in [0, 0.1) is 0 Å². The molecule has 0 aromatic heterocycles. The van der Waals surface area contributed by atoms with E-state index < -0.39 is 84.5 Å². The fourth-order valence-corrected chi connectivity index (χ4v) is 4.97. The van der Waals surface area contributed by atoms with Crippen molar-refractivity contribution in [2.24, 2.45) is 0 Å². The minimum atomic E-state index is -5.17. The van der Waals surface area contributed by atoms with Crippen LogP contribution < -0.4 is 5.73 Å². The van der Waals surface area contributed by atoms with E-state index in [0.717, 1.165) is 6.07 Å². The van der Waals surface area contributed by atoms with Gasteiger partial charge in [0, 0.05) is 5.56 Å². The van der Waals surface area contributed by atoms with Gasteiger partial charge in [0.05, 0.1) is 22.4 Å². The summed E-state index contributed by atoms with van der Waals surface area (Å²) >= 11 is 0. The molecule has 0 heterocycles. The van der Waals surface area contributed by atoms with Crippen molar-refractivity contribution in [3.8, 4) is 0 Å². The zero-order valence-electron chi connectivity index (χ0n) is 13.7. The quantitative estimate of drug-likeness (QED) is 0.145. The average Bonchev–Trinajstić information content (AvgIpc) is 2.55. The molecule has 0 bridgehead atoms. The Kier molecular flexibility index (Phi) is 13.5. The first-order chi connectivity index (χ1) is 13.1. The van der Waals surface area contributed by atoms with Crippen LogP contribution in [0.2, 0.25) is 0 Å². The molecule has 2 aromatic rings. The molecular formula is C14H13NNa4O11S3. The molecule has 33 heavy (non-hydrogen) atoms. The van der Waals surface area contributed by atoms with Crippen molar-refractivity contribution in [3.63, 3.8) is 0 Å². The van der Waals surface area contributed by atoms with Crippen molar-refractivity contribution in [1.29, 1.82) is 0 Å². The Hall–Kier alpha value is 1.31. The fraction of sp³-hybridized carbons (Fsp3) is 0. The van der Waals surface area contributed by atoms with Crippen molar-refractivity contribution in [2.45, 2.75) is 14.7 Å². The standard InChI is InChI=1S/C14H9NO11S3.4Na.4H/c15-12-8(29(24,25)26)2-1-5-9(12)14(17)11-7(28(21,22)23)4-3-6(27(18,19)20)10(11)13(5)16;;;;;;;;/h1-4H,15H2,(H,18,19,20)(H,21,22,23)(H,24,25,26);;;;;;;;. The normalized spacial score (nSPS) is 12.7. The van der Waals surface area contributed by atoms with E-state index in [9.17, 15) is 48.5 Å². The summed E-state index contributed by atoms with van der Waals surface area (Å²) in [7, 11) is -15.2. The molecule has 0 unspecified atom stereocenters. The Morgan fingerprint density at radius 3 is 1.24 bits per heavy atom. The van der Waals surface area contributed by atoms with Gasteiger partial charge in [-0.3, -0.25) is 23.2 Å². The van der Waals surface area contributed by atoms with Gasteiger partial charge in [-0.15, -0.1) is 0 Å². The monoisotopic (exact) mass is 559 g/mol. The molecule has 162 valence electrons. The van der Waals surface area contributed by atoms with Gasteiger partial charge in [0.1, 0.15) is 14.7 Å². The molecule has 0 saturated heterocycles. The van der Waals surface area contributed by atoms with Crippen molar-refractivity contribution in [1.82, 2.24) is 0 Å². The van der Waals surface area contributed by atoms with Gasteiger partial charge >= 0.3 is 118 Å². The predicted molar refractivity (Wildman–Crippen MR) is 122 cm³/mol. The second kappa shape index (κ2) is 12.2. The van der Waals surface area contributed by atoms with Crippen LogP contribution in [-0.2, 0) is 30.4 Å². The van der Waals surface area contributed by atoms with Gasteiger partial charge < -0.3 is 5.73 Å². The first-order valence-electron chi connectivity index (χ1n) is 7.18. The maximum atomic E-state index is 12.9. The van der Waals surface area contributed by atoms with Gasteiger partial charge in [0.15, 0.2) is 11.6 Å². The molecule has 0 atom stereocenters. The molecule has 0 aliphatic heterocycles. The van der Waals surface area contributed by atoms with Gasteiger partial charge in [-0.25, -0.2) is 0 Å². The third-order valence-corrected chi connectivity index (χ3v) is 6.80. The van der Waals surface area contributed by atoms with E-state index in [0.29, 0.717) is 18.2 Å². The van der Waals surface area contributed by atoms with Crippen LogP contribution in [0.5, 0.6) is 0 Å². The molecule has 0 radical (unpaired) electrons. The second-order valence-electron chi connectivity index (χ2n) is 5.80. The van der Waals surface area contributed by atoms with Crippen LogP contribution in [0.3, 0.4) is 0 Å². The third kappa shape index (κ3) is 6.80. The van der Waals surface area contributed by atoms with Crippen LogP contribution in [0.4, 0.5) is 5.69 Å². The number of carbonyl (C=O) groups excluding carboxylic acids is 2. The zero-order valence-corrected chi connectivity index (χ0v) is 16.2. The van der Waals surface area contributed by atoms with Gasteiger partial charge in [0.25, 0.3) is 30.4 Å². The molecule has 0 spiro atoms. The molecular weight excluding hydrogens is 546 g/mol. The Labute approximate surface area is 276 Å². The summed E-state index contributed by atoms with van der Waals surface area (Å²) in [4.78, 5) is 22.5. The van der Waals surface area contributed by atoms with Gasteiger partial charge in [0.2, 0.25) is 0 Å². The summed E-state index contributed by atoms with van der Waals surface area (Å²) in [6.07, 6.45) is 0. The number of rotatable bonds is 3. The Morgan fingerprint density at radius 1 is 0.545 bits per heavy atom. The molecule has 0 fully saturated rings. The molecule has 2 aromatic carbocycles. The number of hydrogen-bond acceptors (Lipinski definition) is 9. The van der Waals surface area contributed by atoms with Gasteiger partial charge in [-0.1, -0.05) is 0 Å². The summed E-state index contributed by atoms with van der Waals surface area (Å²) in [5.41, 5.74) is 1.10. The fourth-order valence-electron chi connectivity index (χ4n) is 2.96. The van der Waals surface area contributed by atoms with Crippen LogP contribution in [0.25, 0.3) is 0 Å². The van der Waals surface area contributed by atoms with Crippen LogP contribution >= 0.6 is 0 Å². The number of ketones is 2. The topological polar surface area (TPSA) is 223 Å². The van der Waals surface area contributed by atoms with E-state index in [2.05, 4.69) is 0 Å². The molecule has 0 amide bonds. The van der Waals surface area contributed by atoms with Crippen molar-refractivity contribution in [3.05, 3.63) is 46.5 Å². The number of nitrogen functional groups attached to an aromatic ring is 1. The van der Waals surface area contributed by atoms with E-state index in [-0.39, 0.29) is 118 Å². The number of benzene rings is 2. The molecule has 19 heteroatoms. The summed E-state index contributed by atoms with van der Waals surface area (Å²) < 4.78 is 97.3. The molecule has 12 nitrogen and oxygen atoms in total. The van der Waals surface area contributed by atoms with Gasteiger partial charge in [-0.05, 0) is 24.3 Å². The SMILES string of the molecule is Nc1c(S(=O)(=O)O)ccc2c1C(=O)c1c(S(=O)(=O)O)ccc(S(=O)(=O)O)c1C2=O.[NaH].[NaH].[NaH].[NaH]. The minimum absolute atomic E-state index is 0. The molecule has 5 N–H and O–H groups in total. The number of fused-ring (bicyclic) bond motifs is 2. The van der Waals surface area contributed by atoms with Crippen LogP contribution in [0.1, 0.15) is 31.8 Å². The van der Waals surface area contributed by atoms with E-state index in [1.807, 2.05) is 0 Å². The van der Waals surface area contributed by atoms with Crippen LogP contribution in [0.15, 0.2) is 39.0 Å². The number of anilines is 1.